The molecular formula is C13H8BrNO4S2. The van der Waals surface area contributed by atoms with Crippen LogP contribution in [0.1, 0.15) is 0 Å². The molecule has 0 aliphatic carbocycles. The van der Waals surface area contributed by atoms with Gasteiger partial charge in [-0.1, -0.05) is 41.7 Å². The van der Waals surface area contributed by atoms with Crippen molar-refractivity contribution in [3.63, 3.8) is 0 Å². The molecule has 1 heterocycles. The zero-order valence-electron chi connectivity index (χ0n) is 10.4. The number of hydrogen-bond acceptors (Lipinski definition) is 5. The molecule has 0 saturated heterocycles. The van der Waals surface area contributed by atoms with E-state index in [1.165, 1.54) is 0 Å². The van der Waals surface area contributed by atoms with E-state index >= 15 is 0 Å². The van der Waals surface area contributed by atoms with Crippen molar-refractivity contribution in [3.05, 3.63) is 55.9 Å². The van der Waals surface area contributed by atoms with Crippen LogP contribution in [0.4, 0.5) is 0 Å². The lowest BCUT2D eigenvalue weighted by atomic mass is 10.1. The molecule has 0 fully saturated rings. The van der Waals surface area contributed by atoms with Crippen LogP contribution < -0.4 is 4.87 Å². The maximum Gasteiger partial charge on any atom is 0.324 e. The number of hydrogen-bond donors (Lipinski definition) is 1. The van der Waals surface area contributed by atoms with Gasteiger partial charge in [0.2, 0.25) is 5.88 Å². The molecule has 0 unspecified atom stereocenters. The first-order chi connectivity index (χ1) is 9.93. The van der Waals surface area contributed by atoms with Gasteiger partial charge in [-0.2, -0.15) is 3.97 Å². The van der Waals surface area contributed by atoms with Gasteiger partial charge in [0.15, 0.2) is 0 Å². The van der Waals surface area contributed by atoms with E-state index in [9.17, 15) is 18.3 Å². The van der Waals surface area contributed by atoms with Gasteiger partial charge < -0.3 is 5.11 Å². The Labute approximate surface area is 132 Å². The molecule has 1 aromatic heterocycles. The molecule has 21 heavy (non-hydrogen) atoms. The molecule has 0 radical (unpaired) electrons. The Morgan fingerprint density at radius 3 is 2.52 bits per heavy atom. The smallest absolute Gasteiger partial charge is 0.324 e. The highest BCUT2D eigenvalue weighted by molar-refractivity contribution is 9.10. The molecule has 0 amide bonds. The van der Waals surface area contributed by atoms with Crippen LogP contribution >= 0.6 is 27.3 Å². The lowest BCUT2D eigenvalue weighted by Crippen LogP contribution is -2.23. The molecule has 0 bridgehead atoms. The molecule has 5 nitrogen and oxygen atoms in total. The highest BCUT2D eigenvalue weighted by Gasteiger charge is 2.27. The third-order valence-electron chi connectivity index (χ3n) is 2.97. The molecule has 2 aromatic carbocycles. The van der Waals surface area contributed by atoms with Crippen molar-refractivity contribution in [3.8, 4) is 5.88 Å². The monoisotopic (exact) mass is 385 g/mol. The first kappa shape index (κ1) is 14.3. The van der Waals surface area contributed by atoms with Gasteiger partial charge in [-0.3, -0.25) is 4.79 Å². The van der Waals surface area contributed by atoms with Crippen molar-refractivity contribution in [1.82, 2.24) is 3.97 Å². The summed E-state index contributed by atoms with van der Waals surface area (Å²) >= 11 is 3.84. The van der Waals surface area contributed by atoms with Gasteiger partial charge in [-0.05, 0) is 27.4 Å². The largest absolute Gasteiger partial charge is 0.493 e. The first-order valence-electron chi connectivity index (χ1n) is 5.75. The number of benzene rings is 2. The van der Waals surface area contributed by atoms with Gasteiger partial charge in [0.05, 0.1) is 5.38 Å². The molecule has 8 heteroatoms. The van der Waals surface area contributed by atoms with Gasteiger partial charge in [-0.25, -0.2) is 8.42 Å². The van der Waals surface area contributed by atoms with Gasteiger partial charge in [0.1, 0.15) is 4.90 Å². The molecule has 0 saturated carbocycles. The van der Waals surface area contributed by atoms with Crippen molar-refractivity contribution in [2.24, 2.45) is 0 Å². The van der Waals surface area contributed by atoms with Crippen molar-refractivity contribution >= 4 is 48.1 Å². The SMILES string of the molecule is O=c1scc(O)n1S(=O)(=O)c1c(Br)ccc2ccccc12. The summed E-state index contributed by atoms with van der Waals surface area (Å²) in [6, 6.07) is 10.3. The summed E-state index contributed by atoms with van der Waals surface area (Å²) in [7, 11) is -4.20. The maximum absolute atomic E-state index is 12.8. The van der Waals surface area contributed by atoms with Crippen molar-refractivity contribution in [1.29, 1.82) is 0 Å². The highest BCUT2D eigenvalue weighted by Crippen LogP contribution is 2.33. The zero-order chi connectivity index (χ0) is 15.2. The minimum Gasteiger partial charge on any atom is -0.493 e. The molecule has 108 valence electrons. The summed E-state index contributed by atoms with van der Waals surface area (Å²) in [4.78, 5) is 10.9. The number of fused-ring (bicyclic) bond motifs is 1. The molecule has 0 aliphatic heterocycles. The second-order valence-electron chi connectivity index (χ2n) is 4.23. The molecule has 3 aromatic rings. The number of nitrogens with zero attached hydrogens (tertiary/aromatic N) is 1. The van der Waals surface area contributed by atoms with E-state index in [1.807, 2.05) is 0 Å². The number of halogens is 1. The van der Waals surface area contributed by atoms with Gasteiger partial charge in [-0.15, -0.1) is 0 Å². The average Bonchev–Trinajstić information content (AvgIpc) is 2.78. The fourth-order valence-electron chi connectivity index (χ4n) is 2.08. The predicted octanol–water partition coefficient (Wildman–Crippen LogP) is 2.77. The van der Waals surface area contributed by atoms with Crippen LogP contribution in [0.3, 0.4) is 0 Å². The summed E-state index contributed by atoms with van der Waals surface area (Å²) in [6.07, 6.45) is 0. The lowest BCUT2D eigenvalue weighted by Gasteiger charge is -2.11. The average molecular weight is 386 g/mol. The Morgan fingerprint density at radius 1 is 1.14 bits per heavy atom. The van der Waals surface area contributed by atoms with E-state index in [-0.39, 0.29) is 4.90 Å². The van der Waals surface area contributed by atoms with Crippen molar-refractivity contribution < 1.29 is 13.5 Å². The Morgan fingerprint density at radius 2 is 1.86 bits per heavy atom. The van der Waals surface area contributed by atoms with E-state index in [0.717, 1.165) is 10.8 Å². The summed E-state index contributed by atoms with van der Waals surface area (Å²) in [6.45, 7) is 0. The topological polar surface area (TPSA) is 76.4 Å². The third kappa shape index (κ3) is 2.19. The van der Waals surface area contributed by atoms with E-state index in [2.05, 4.69) is 15.9 Å². The normalized spacial score (nSPS) is 11.9. The van der Waals surface area contributed by atoms with Gasteiger partial charge in [0.25, 0.3) is 10.0 Å². The number of thiazole rings is 1. The highest BCUT2D eigenvalue weighted by atomic mass is 79.9. The van der Waals surface area contributed by atoms with Gasteiger partial charge >= 0.3 is 4.87 Å². The van der Waals surface area contributed by atoms with E-state index in [0.29, 0.717) is 25.2 Å². The van der Waals surface area contributed by atoms with Crippen LogP contribution in [-0.4, -0.2) is 17.5 Å². The van der Waals surface area contributed by atoms with Crippen molar-refractivity contribution in [2.45, 2.75) is 4.90 Å². The summed E-state index contributed by atoms with van der Waals surface area (Å²) < 4.78 is 26.2. The molecular weight excluding hydrogens is 378 g/mol. The Kier molecular flexibility index (Phi) is 3.39. The second kappa shape index (κ2) is 4.97. The summed E-state index contributed by atoms with van der Waals surface area (Å²) in [5.74, 6) is -0.593. The molecule has 1 N–H and O–H groups in total. The fraction of sp³-hybridized carbons (Fsp3) is 0. The molecule has 0 aliphatic rings. The van der Waals surface area contributed by atoms with E-state index < -0.39 is 20.8 Å². The Hall–Kier alpha value is -1.64. The number of aromatic hydroxyl groups is 1. The minimum atomic E-state index is -4.20. The molecule has 0 atom stereocenters. The molecule has 3 rings (SSSR count). The minimum absolute atomic E-state index is 0.0450. The van der Waals surface area contributed by atoms with E-state index in [1.54, 1.807) is 36.4 Å². The number of aromatic nitrogens is 1. The number of rotatable bonds is 2. The van der Waals surface area contributed by atoms with Crippen molar-refractivity contribution in [2.75, 3.05) is 0 Å². The zero-order valence-corrected chi connectivity index (χ0v) is 13.6. The summed E-state index contributed by atoms with van der Waals surface area (Å²) in [5, 5.41) is 12.0. The van der Waals surface area contributed by atoms with Crippen LogP contribution in [-0.2, 0) is 10.0 Å². The van der Waals surface area contributed by atoms with Crippen LogP contribution in [0.15, 0.2) is 55.9 Å². The van der Waals surface area contributed by atoms with Crippen LogP contribution in [0.25, 0.3) is 10.8 Å². The third-order valence-corrected chi connectivity index (χ3v) is 6.51. The standard InChI is InChI=1S/C13H8BrNO4S2/c14-10-6-5-8-3-1-2-4-9(8)12(10)21(18,19)15-11(16)7-20-13(15)17/h1-7,16H. The summed E-state index contributed by atoms with van der Waals surface area (Å²) in [5.41, 5.74) is 0. The lowest BCUT2D eigenvalue weighted by molar-refractivity contribution is 0.444. The molecule has 0 spiro atoms. The maximum atomic E-state index is 12.8. The quantitative estimate of drug-likeness (QED) is 0.735. The van der Waals surface area contributed by atoms with Crippen LogP contribution in [0.5, 0.6) is 5.88 Å². The van der Waals surface area contributed by atoms with E-state index in [4.69, 9.17) is 0 Å². The second-order valence-corrected chi connectivity index (χ2v) is 7.63. The first-order valence-corrected chi connectivity index (χ1v) is 8.86. The Balaban J connectivity index is 2.45. The van der Waals surface area contributed by atoms with Crippen LogP contribution in [0.2, 0.25) is 0 Å². The predicted molar refractivity (Wildman–Crippen MR) is 84.5 cm³/mol. The fourth-order valence-corrected chi connectivity index (χ4v) is 5.49. The van der Waals surface area contributed by atoms with Gasteiger partial charge in [0, 0.05) is 9.86 Å². The Bertz CT molecular complexity index is 1000. The van der Waals surface area contributed by atoms with Crippen LogP contribution in [0, 0.1) is 0 Å².